The van der Waals surface area contributed by atoms with Gasteiger partial charge in [0, 0.05) is 29.4 Å². The summed E-state index contributed by atoms with van der Waals surface area (Å²) in [6.07, 6.45) is 2.44. The lowest BCUT2D eigenvalue weighted by atomic mass is 10.1. The molecule has 9 nitrogen and oxygen atoms in total. The highest BCUT2D eigenvalue weighted by molar-refractivity contribution is 6.32. The lowest BCUT2D eigenvalue weighted by molar-refractivity contribution is 0.181. The van der Waals surface area contributed by atoms with Crippen LogP contribution in [0.15, 0.2) is 59.7 Å². The maximum atomic E-state index is 15.1. The number of ether oxygens (including phenoxy) is 2. The molecule has 0 radical (unpaired) electrons. The fraction of sp³-hybridized carbons (Fsp3) is 0.200. The molecule has 0 bridgehead atoms. The fourth-order valence-corrected chi connectivity index (χ4v) is 4.16. The van der Waals surface area contributed by atoms with E-state index in [2.05, 4.69) is 20.3 Å². The standard InChI is InChI=1S/C25H21ClFN5O4/c1-14(30-23-22(27)20(5-7-29-23)32-8-9-35-25(32)34)17-10-15-11-18(26)21(12-19(15)31-24(17)33)36-13-16-4-2-3-6-28-16/h2-7,10-12,14H,8-9,13H2,1H3,(H,29,30)(H,31,33). The number of carbonyl (C=O) groups is 1. The van der Waals surface area contributed by atoms with Gasteiger partial charge < -0.3 is 19.8 Å². The Hall–Kier alpha value is -4.18. The smallest absolute Gasteiger partial charge is 0.414 e. The summed E-state index contributed by atoms with van der Waals surface area (Å²) in [5, 5.41) is 3.97. The molecule has 0 saturated carbocycles. The number of nitrogens with zero attached hydrogens (tertiary/aromatic N) is 3. The van der Waals surface area contributed by atoms with Crippen molar-refractivity contribution in [2.24, 2.45) is 0 Å². The molecule has 1 saturated heterocycles. The number of anilines is 2. The van der Waals surface area contributed by atoms with Crippen molar-refractivity contribution in [3.63, 3.8) is 0 Å². The highest BCUT2D eigenvalue weighted by atomic mass is 35.5. The number of aromatic nitrogens is 3. The van der Waals surface area contributed by atoms with E-state index in [0.29, 0.717) is 27.2 Å². The Balaban J connectivity index is 1.39. The van der Waals surface area contributed by atoms with Crippen LogP contribution in [0.1, 0.15) is 24.2 Å². The van der Waals surface area contributed by atoms with Gasteiger partial charge in [-0.3, -0.25) is 14.7 Å². The second kappa shape index (κ2) is 9.82. The number of pyridine rings is 3. The highest BCUT2D eigenvalue weighted by Crippen LogP contribution is 2.31. The van der Waals surface area contributed by atoms with Gasteiger partial charge in [-0.15, -0.1) is 0 Å². The summed E-state index contributed by atoms with van der Waals surface area (Å²) in [5.41, 5.74) is 1.33. The van der Waals surface area contributed by atoms with E-state index in [1.807, 2.05) is 18.2 Å². The van der Waals surface area contributed by atoms with Gasteiger partial charge >= 0.3 is 6.09 Å². The molecule has 1 unspecified atom stereocenters. The molecule has 1 fully saturated rings. The van der Waals surface area contributed by atoms with Crippen molar-refractivity contribution < 1.29 is 18.7 Å². The molecular formula is C25H21ClFN5O4. The van der Waals surface area contributed by atoms with Crippen molar-refractivity contribution in [3.05, 3.63) is 87.3 Å². The molecule has 1 aliphatic rings. The summed E-state index contributed by atoms with van der Waals surface area (Å²) in [5.74, 6) is -0.387. The van der Waals surface area contributed by atoms with Crippen molar-refractivity contribution in [1.29, 1.82) is 0 Å². The van der Waals surface area contributed by atoms with E-state index in [1.165, 1.54) is 17.2 Å². The average Bonchev–Trinajstić information content (AvgIpc) is 3.30. The molecule has 1 aromatic carbocycles. The number of benzene rings is 1. The van der Waals surface area contributed by atoms with Crippen LogP contribution < -0.4 is 20.5 Å². The van der Waals surface area contributed by atoms with Gasteiger partial charge in [0.15, 0.2) is 11.6 Å². The lowest BCUT2D eigenvalue weighted by Crippen LogP contribution is -2.25. The number of hydrogen-bond donors (Lipinski definition) is 2. The van der Waals surface area contributed by atoms with E-state index in [0.717, 1.165) is 5.69 Å². The molecule has 2 N–H and O–H groups in total. The van der Waals surface area contributed by atoms with Crippen LogP contribution in [-0.4, -0.2) is 34.2 Å². The zero-order chi connectivity index (χ0) is 25.2. The third kappa shape index (κ3) is 4.67. The van der Waals surface area contributed by atoms with Crippen molar-refractivity contribution in [2.45, 2.75) is 19.6 Å². The van der Waals surface area contributed by atoms with Crippen molar-refractivity contribution in [3.8, 4) is 5.75 Å². The van der Waals surface area contributed by atoms with Gasteiger partial charge in [-0.25, -0.2) is 14.2 Å². The van der Waals surface area contributed by atoms with Crippen molar-refractivity contribution in [2.75, 3.05) is 23.4 Å². The van der Waals surface area contributed by atoms with Crippen molar-refractivity contribution in [1.82, 2.24) is 15.0 Å². The maximum absolute atomic E-state index is 15.1. The molecule has 0 spiro atoms. The Kier molecular flexibility index (Phi) is 6.43. The summed E-state index contributed by atoms with van der Waals surface area (Å²) in [6.45, 7) is 2.36. The number of cyclic esters (lactones) is 1. The number of nitrogens with one attached hydrogen (secondary N) is 2. The second-order valence-electron chi connectivity index (χ2n) is 8.16. The molecule has 1 amide bonds. The molecule has 11 heteroatoms. The number of halogens is 2. The Morgan fingerprint density at radius 1 is 1.22 bits per heavy atom. The minimum atomic E-state index is -0.710. The monoisotopic (exact) mass is 509 g/mol. The van der Waals surface area contributed by atoms with Gasteiger partial charge in [-0.05, 0) is 37.3 Å². The van der Waals surface area contributed by atoms with Crippen LogP contribution in [0.25, 0.3) is 10.9 Å². The minimum absolute atomic E-state index is 0.0552. The number of amides is 1. The zero-order valence-corrected chi connectivity index (χ0v) is 19.9. The first kappa shape index (κ1) is 23.6. The molecule has 184 valence electrons. The van der Waals surface area contributed by atoms with E-state index in [4.69, 9.17) is 21.1 Å². The number of fused-ring (bicyclic) bond motifs is 1. The van der Waals surface area contributed by atoms with E-state index in [-0.39, 0.29) is 36.8 Å². The predicted octanol–water partition coefficient (Wildman–Crippen LogP) is 4.82. The van der Waals surface area contributed by atoms with Crippen molar-refractivity contribution >= 4 is 40.1 Å². The predicted molar refractivity (Wildman–Crippen MR) is 133 cm³/mol. The van der Waals surface area contributed by atoms with Crippen LogP contribution in [0.5, 0.6) is 5.75 Å². The van der Waals surface area contributed by atoms with Gasteiger partial charge in [-0.2, -0.15) is 0 Å². The molecule has 4 heterocycles. The normalized spacial score (nSPS) is 14.1. The molecule has 5 rings (SSSR count). The van der Waals surface area contributed by atoms with Crippen LogP contribution in [0.2, 0.25) is 5.02 Å². The van der Waals surface area contributed by atoms with E-state index in [1.54, 1.807) is 31.3 Å². The summed E-state index contributed by atoms with van der Waals surface area (Å²) in [6, 6.07) is 11.3. The first-order chi connectivity index (χ1) is 17.4. The maximum Gasteiger partial charge on any atom is 0.414 e. The second-order valence-corrected chi connectivity index (χ2v) is 8.57. The fourth-order valence-electron chi connectivity index (χ4n) is 3.93. The Morgan fingerprint density at radius 3 is 2.83 bits per heavy atom. The Labute approximate surface area is 209 Å². The summed E-state index contributed by atoms with van der Waals surface area (Å²) >= 11 is 6.43. The lowest BCUT2D eigenvalue weighted by Gasteiger charge is -2.19. The topological polar surface area (TPSA) is 109 Å². The van der Waals surface area contributed by atoms with Gasteiger partial charge in [-0.1, -0.05) is 17.7 Å². The van der Waals surface area contributed by atoms with Gasteiger partial charge in [0.05, 0.1) is 34.5 Å². The third-order valence-corrected chi connectivity index (χ3v) is 6.06. The van der Waals surface area contributed by atoms with E-state index in [9.17, 15) is 9.59 Å². The SMILES string of the molecule is CC(Nc1nccc(N2CCOC2=O)c1F)c1cc2cc(Cl)c(OCc3ccccn3)cc2[nH]c1=O. The van der Waals surface area contributed by atoms with Gasteiger partial charge in [0.1, 0.15) is 19.0 Å². The average molecular weight is 510 g/mol. The Morgan fingerprint density at radius 2 is 2.08 bits per heavy atom. The number of rotatable bonds is 7. The molecule has 0 aliphatic carbocycles. The zero-order valence-electron chi connectivity index (χ0n) is 19.1. The molecular weight excluding hydrogens is 489 g/mol. The van der Waals surface area contributed by atoms with Crippen LogP contribution in [-0.2, 0) is 11.3 Å². The van der Waals surface area contributed by atoms with Crippen LogP contribution in [0.3, 0.4) is 0 Å². The van der Waals surface area contributed by atoms with Crippen LogP contribution in [0.4, 0.5) is 20.7 Å². The minimum Gasteiger partial charge on any atom is -0.486 e. The Bertz CT molecular complexity index is 1500. The van der Waals surface area contributed by atoms with Crippen LogP contribution in [0, 0.1) is 5.82 Å². The number of hydrogen-bond acceptors (Lipinski definition) is 7. The quantitative estimate of drug-likeness (QED) is 0.367. The van der Waals surface area contributed by atoms with E-state index < -0.39 is 18.0 Å². The number of H-pyrrole nitrogens is 1. The molecule has 3 aromatic heterocycles. The molecule has 1 aliphatic heterocycles. The first-order valence-electron chi connectivity index (χ1n) is 11.1. The third-order valence-electron chi connectivity index (χ3n) is 5.77. The van der Waals surface area contributed by atoms with E-state index >= 15 is 4.39 Å². The largest absolute Gasteiger partial charge is 0.486 e. The van der Waals surface area contributed by atoms with Gasteiger partial charge in [0.25, 0.3) is 5.56 Å². The summed E-state index contributed by atoms with van der Waals surface area (Å²) in [7, 11) is 0. The number of aromatic amines is 1. The highest BCUT2D eigenvalue weighted by Gasteiger charge is 2.28. The molecule has 4 aromatic rings. The first-order valence-corrected chi connectivity index (χ1v) is 11.5. The number of carbonyl (C=O) groups excluding carboxylic acids is 1. The van der Waals surface area contributed by atoms with Crippen LogP contribution >= 0.6 is 11.6 Å². The molecule has 1 atom stereocenters. The summed E-state index contributed by atoms with van der Waals surface area (Å²) < 4.78 is 25.8. The van der Waals surface area contributed by atoms with Gasteiger partial charge in [0.2, 0.25) is 0 Å². The summed E-state index contributed by atoms with van der Waals surface area (Å²) in [4.78, 5) is 37.0. The molecule has 36 heavy (non-hydrogen) atoms.